The van der Waals surface area contributed by atoms with Gasteiger partial charge in [0.1, 0.15) is 6.04 Å². The minimum Gasteiger partial charge on any atom is -0.493 e. The summed E-state index contributed by atoms with van der Waals surface area (Å²) < 4.78 is 34.6. The first-order valence-corrected chi connectivity index (χ1v) is 10.0. The molecular formula is C23H28F2N2O4. The molecule has 2 amide bonds. The lowest BCUT2D eigenvalue weighted by Gasteiger charge is -2.22. The molecule has 0 saturated carbocycles. The lowest BCUT2D eigenvalue weighted by Crippen LogP contribution is -2.50. The minimum absolute atomic E-state index is 0.0606. The van der Waals surface area contributed by atoms with Gasteiger partial charge in [-0.3, -0.25) is 9.59 Å². The second-order valence-electron chi connectivity index (χ2n) is 7.36. The minimum atomic E-state index is -2.96. The highest BCUT2D eigenvalue weighted by Crippen LogP contribution is 2.29. The number of nitrogens with one attached hydrogen (secondary N) is 2. The van der Waals surface area contributed by atoms with E-state index in [0.29, 0.717) is 12.0 Å². The van der Waals surface area contributed by atoms with Crippen LogP contribution in [0.1, 0.15) is 25.0 Å². The lowest BCUT2D eigenvalue weighted by molar-refractivity contribution is -0.129. The lowest BCUT2D eigenvalue weighted by atomic mass is 10.0. The van der Waals surface area contributed by atoms with E-state index in [1.54, 1.807) is 6.07 Å². The van der Waals surface area contributed by atoms with Gasteiger partial charge in [-0.15, -0.1) is 0 Å². The van der Waals surface area contributed by atoms with Crippen LogP contribution in [-0.4, -0.2) is 38.1 Å². The summed E-state index contributed by atoms with van der Waals surface area (Å²) in [6.07, 6.45) is 0.591. The van der Waals surface area contributed by atoms with E-state index in [2.05, 4.69) is 15.4 Å². The number of halogens is 2. The Morgan fingerprint density at radius 3 is 2.32 bits per heavy atom. The molecule has 2 aromatic rings. The molecule has 2 rings (SSSR count). The third-order valence-electron chi connectivity index (χ3n) is 4.63. The van der Waals surface area contributed by atoms with Crippen molar-refractivity contribution in [1.29, 1.82) is 0 Å². The standard InChI is InChI=1S/C23H28F2N2O4/c1-15(2)21(27-20(28)14-16-7-5-4-6-8-16)22(29)26-12-11-17-9-10-18(30-3)19(13-17)31-23(24)25/h4-10,13,15,21,23H,11-12,14H2,1-3H3,(H,26,29)(H,27,28). The predicted molar refractivity (Wildman–Crippen MR) is 113 cm³/mol. The first kappa shape index (κ1) is 24.1. The maximum atomic E-state index is 12.6. The van der Waals surface area contributed by atoms with Crippen molar-refractivity contribution < 1.29 is 27.8 Å². The Kier molecular flexibility index (Phi) is 9.24. The monoisotopic (exact) mass is 434 g/mol. The zero-order valence-electron chi connectivity index (χ0n) is 17.9. The summed E-state index contributed by atoms with van der Waals surface area (Å²) in [5.74, 6) is -0.492. The van der Waals surface area contributed by atoms with Gasteiger partial charge in [0.05, 0.1) is 13.5 Å². The molecule has 2 N–H and O–H groups in total. The van der Waals surface area contributed by atoms with Crippen LogP contribution in [0.3, 0.4) is 0 Å². The summed E-state index contributed by atoms with van der Waals surface area (Å²) >= 11 is 0. The number of carbonyl (C=O) groups is 2. The molecule has 0 aliphatic heterocycles. The van der Waals surface area contributed by atoms with E-state index in [1.165, 1.54) is 19.2 Å². The van der Waals surface area contributed by atoms with E-state index in [-0.39, 0.29) is 42.2 Å². The van der Waals surface area contributed by atoms with Crippen LogP contribution >= 0.6 is 0 Å². The summed E-state index contributed by atoms with van der Waals surface area (Å²) in [5, 5.41) is 5.59. The number of benzene rings is 2. The van der Waals surface area contributed by atoms with Gasteiger partial charge in [0.25, 0.3) is 0 Å². The highest BCUT2D eigenvalue weighted by molar-refractivity contribution is 5.88. The summed E-state index contributed by atoms with van der Waals surface area (Å²) in [4.78, 5) is 24.9. The van der Waals surface area contributed by atoms with E-state index in [0.717, 1.165) is 5.56 Å². The third kappa shape index (κ3) is 7.88. The molecule has 0 heterocycles. The van der Waals surface area contributed by atoms with Crippen LogP contribution in [0.4, 0.5) is 8.78 Å². The molecule has 6 nitrogen and oxygen atoms in total. The van der Waals surface area contributed by atoms with Gasteiger partial charge in [0.15, 0.2) is 11.5 Å². The Morgan fingerprint density at radius 1 is 1.00 bits per heavy atom. The molecule has 31 heavy (non-hydrogen) atoms. The smallest absolute Gasteiger partial charge is 0.387 e. The third-order valence-corrected chi connectivity index (χ3v) is 4.63. The van der Waals surface area contributed by atoms with Gasteiger partial charge in [0, 0.05) is 6.54 Å². The number of hydrogen-bond acceptors (Lipinski definition) is 4. The highest BCUT2D eigenvalue weighted by atomic mass is 19.3. The summed E-state index contributed by atoms with van der Waals surface area (Å²) in [7, 11) is 1.37. The molecule has 2 aromatic carbocycles. The van der Waals surface area contributed by atoms with E-state index >= 15 is 0 Å². The van der Waals surface area contributed by atoms with Crippen molar-refractivity contribution in [3.63, 3.8) is 0 Å². The Balaban J connectivity index is 1.91. The Labute approximate surface area is 180 Å². The second-order valence-corrected chi connectivity index (χ2v) is 7.36. The average molecular weight is 434 g/mol. The molecule has 0 radical (unpaired) electrons. The van der Waals surface area contributed by atoms with E-state index in [1.807, 2.05) is 44.2 Å². The topological polar surface area (TPSA) is 76.7 Å². The number of rotatable bonds is 11. The van der Waals surface area contributed by atoms with Crippen molar-refractivity contribution in [2.45, 2.75) is 39.3 Å². The van der Waals surface area contributed by atoms with Gasteiger partial charge in [-0.05, 0) is 35.6 Å². The van der Waals surface area contributed by atoms with Gasteiger partial charge in [0.2, 0.25) is 11.8 Å². The zero-order valence-corrected chi connectivity index (χ0v) is 17.9. The van der Waals surface area contributed by atoms with Crippen LogP contribution in [-0.2, 0) is 22.4 Å². The highest BCUT2D eigenvalue weighted by Gasteiger charge is 2.24. The van der Waals surface area contributed by atoms with Gasteiger partial charge in [-0.25, -0.2) is 0 Å². The number of hydrogen-bond donors (Lipinski definition) is 2. The number of carbonyl (C=O) groups excluding carboxylic acids is 2. The molecule has 0 spiro atoms. The molecule has 0 aliphatic rings. The zero-order chi connectivity index (χ0) is 22.8. The van der Waals surface area contributed by atoms with Gasteiger partial charge in [-0.1, -0.05) is 50.2 Å². The van der Waals surface area contributed by atoms with E-state index in [9.17, 15) is 18.4 Å². The van der Waals surface area contributed by atoms with E-state index < -0.39 is 12.7 Å². The van der Waals surface area contributed by atoms with Crippen LogP contribution in [0.5, 0.6) is 11.5 Å². The number of amides is 2. The van der Waals surface area contributed by atoms with Crippen molar-refractivity contribution in [3.05, 3.63) is 59.7 Å². The fourth-order valence-electron chi connectivity index (χ4n) is 3.05. The van der Waals surface area contributed by atoms with Crippen LogP contribution in [0.15, 0.2) is 48.5 Å². The molecule has 8 heteroatoms. The number of alkyl halides is 2. The van der Waals surface area contributed by atoms with Crippen LogP contribution in [0, 0.1) is 5.92 Å². The molecule has 0 aromatic heterocycles. The van der Waals surface area contributed by atoms with Crippen molar-refractivity contribution in [2.75, 3.05) is 13.7 Å². The molecule has 168 valence electrons. The Bertz CT molecular complexity index is 860. The van der Waals surface area contributed by atoms with E-state index in [4.69, 9.17) is 4.74 Å². The molecule has 0 saturated heterocycles. The van der Waals surface area contributed by atoms with Crippen LogP contribution in [0.25, 0.3) is 0 Å². The van der Waals surface area contributed by atoms with Crippen LogP contribution in [0.2, 0.25) is 0 Å². The fourth-order valence-corrected chi connectivity index (χ4v) is 3.05. The first-order valence-electron chi connectivity index (χ1n) is 10.0. The summed E-state index contributed by atoms with van der Waals surface area (Å²) in [6, 6.07) is 13.3. The molecule has 0 aliphatic carbocycles. The maximum absolute atomic E-state index is 12.6. The van der Waals surface area contributed by atoms with Crippen molar-refractivity contribution >= 4 is 11.8 Å². The van der Waals surface area contributed by atoms with Crippen molar-refractivity contribution in [3.8, 4) is 11.5 Å². The summed E-state index contributed by atoms with van der Waals surface area (Å²) in [6.45, 7) is 1.02. The predicted octanol–water partition coefficient (Wildman–Crippen LogP) is 3.34. The van der Waals surface area contributed by atoms with Crippen LogP contribution < -0.4 is 20.1 Å². The average Bonchev–Trinajstić information content (AvgIpc) is 2.72. The van der Waals surface area contributed by atoms with Gasteiger partial charge in [-0.2, -0.15) is 8.78 Å². The SMILES string of the molecule is COc1ccc(CCNC(=O)C(NC(=O)Cc2ccccc2)C(C)C)cc1OC(F)F. The maximum Gasteiger partial charge on any atom is 0.387 e. The molecule has 1 unspecified atom stereocenters. The molecular weight excluding hydrogens is 406 g/mol. The van der Waals surface area contributed by atoms with Gasteiger partial charge < -0.3 is 20.1 Å². The van der Waals surface area contributed by atoms with Gasteiger partial charge >= 0.3 is 6.61 Å². The number of ether oxygens (including phenoxy) is 2. The first-order chi connectivity index (χ1) is 14.8. The second kappa shape index (κ2) is 11.9. The number of methoxy groups -OCH3 is 1. The quantitative estimate of drug-likeness (QED) is 0.569. The Hall–Kier alpha value is -3.16. The molecule has 0 bridgehead atoms. The molecule has 1 atom stereocenters. The summed E-state index contributed by atoms with van der Waals surface area (Å²) in [5.41, 5.74) is 1.57. The fraction of sp³-hybridized carbons (Fsp3) is 0.391. The molecule has 0 fully saturated rings. The van der Waals surface area contributed by atoms with Crippen molar-refractivity contribution in [2.24, 2.45) is 5.92 Å². The normalized spacial score (nSPS) is 11.8. The van der Waals surface area contributed by atoms with Crippen molar-refractivity contribution in [1.82, 2.24) is 10.6 Å². The Morgan fingerprint density at radius 2 is 1.71 bits per heavy atom. The largest absolute Gasteiger partial charge is 0.493 e.